The Kier molecular flexibility index (Phi) is 5.55. The number of benzene rings is 1. The molecule has 2 amide bonds. The average Bonchev–Trinajstić information content (AvgIpc) is 3.10. The summed E-state index contributed by atoms with van der Waals surface area (Å²) >= 11 is 0. The summed E-state index contributed by atoms with van der Waals surface area (Å²) in [6.45, 7) is 3.68. The topological polar surface area (TPSA) is 61.7 Å². The SMILES string of the molecule is CC(=O)N1CCN(Cc2cnn(-c3ccc(F)cc3)c2)C(C(=O)N(C)C)C1. The minimum absolute atomic E-state index is 0.0182. The molecule has 1 aliphatic heterocycles. The Labute approximate surface area is 158 Å². The lowest BCUT2D eigenvalue weighted by atomic mass is 10.1. The molecule has 1 saturated heterocycles. The number of halogens is 1. The molecular formula is C19H24FN5O2. The third-order valence-corrected chi connectivity index (χ3v) is 4.78. The first-order valence-electron chi connectivity index (χ1n) is 8.85. The molecule has 27 heavy (non-hydrogen) atoms. The van der Waals surface area contributed by atoms with Crippen LogP contribution in [-0.2, 0) is 16.1 Å². The number of likely N-dealkylation sites (N-methyl/N-ethyl adjacent to an activating group) is 1. The molecular weight excluding hydrogens is 349 g/mol. The molecule has 1 atom stereocenters. The van der Waals surface area contributed by atoms with Crippen molar-refractivity contribution in [2.24, 2.45) is 0 Å². The molecule has 8 heteroatoms. The maximum atomic E-state index is 13.1. The first-order valence-corrected chi connectivity index (χ1v) is 8.85. The van der Waals surface area contributed by atoms with Crippen LogP contribution in [0, 0.1) is 5.82 Å². The molecule has 0 aliphatic carbocycles. The molecule has 1 aromatic heterocycles. The Morgan fingerprint density at radius 3 is 2.56 bits per heavy atom. The zero-order valence-electron chi connectivity index (χ0n) is 15.8. The molecule has 1 aliphatic rings. The van der Waals surface area contributed by atoms with Crippen molar-refractivity contribution in [3.63, 3.8) is 0 Å². The van der Waals surface area contributed by atoms with Crippen molar-refractivity contribution in [1.29, 1.82) is 0 Å². The highest BCUT2D eigenvalue weighted by atomic mass is 19.1. The minimum Gasteiger partial charge on any atom is -0.347 e. The van der Waals surface area contributed by atoms with Crippen molar-refractivity contribution in [2.45, 2.75) is 19.5 Å². The smallest absolute Gasteiger partial charge is 0.241 e. The molecule has 2 heterocycles. The van der Waals surface area contributed by atoms with Crippen molar-refractivity contribution in [3.8, 4) is 5.69 Å². The zero-order chi connectivity index (χ0) is 19.6. The van der Waals surface area contributed by atoms with E-state index in [1.165, 1.54) is 19.1 Å². The minimum atomic E-state index is -0.383. The van der Waals surface area contributed by atoms with Crippen molar-refractivity contribution >= 4 is 11.8 Å². The van der Waals surface area contributed by atoms with Crippen LogP contribution in [0.15, 0.2) is 36.7 Å². The fourth-order valence-electron chi connectivity index (χ4n) is 3.24. The third-order valence-electron chi connectivity index (χ3n) is 4.78. The van der Waals surface area contributed by atoms with Gasteiger partial charge in [0.05, 0.1) is 11.9 Å². The summed E-state index contributed by atoms with van der Waals surface area (Å²) in [6.07, 6.45) is 3.62. The van der Waals surface area contributed by atoms with Gasteiger partial charge in [-0.05, 0) is 24.3 Å². The van der Waals surface area contributed by atoms with E-state index in [2.05, 4.69) is 10.00 Å². The van der Waals surface area contributed by atoms with E-state index in [4.69, 9.17) is 0 Å². The summed E-state index contributed by atoms with van der Waals surface area (Å²) in [6, 6.07) is 5.73. The molecule has 0 saturated carbocycles. The lowest BCUT2D eigenvalue weighted by molar-refractivity contribution is -0.141. The van der Waals surface area contributed by atoms with Crippen LogP contribution < -0.4 is 0 Å². The first kappa shape index (κ1) is 19.0. The van der Waals surface area contributed by atoms with Gasteiger partial charge < -0.3 is 9.80 Å². The zero-order valence-corrected chi connectivity index (χ0v) is 15.8. The Morgan fingerprint density at radius 1 is 1.22 bits per heavy atom. The van der Waals surface area contributed by atoms with Gasteiger partial charge in [-0.25, -0.2) is 9.07 Å². The average molecular weight is 373 g/mol. The van der Waals surface area contributed by atoms with Crippen LogP contribution in [-0.4, -0.2) is 76.1 Å². The van der Waals surface area contributed by atoms with Crippen LogP contribution in [0.4, 0.5) is 4.39 Å². The molecule has 3 rings (SSSR count). The molecule has 0 N–H and O–H groups in total. The maximum absolute atomic E-state index is 13.1. The summed E-state index contributed by atoms with van der Waals surface area (Å²) < 4.78 is 14.8. The van der Waals surface area contributed by atoms with Crippen LogP contribution in [0.1, 0.15) is 12.5 Å². The number of aromatic nitrogens is 2. The van der Waals surface area contributed by atoms with Gasteiger partial charge in [-0.2, -0.15) is 5.10 Å². The van der Waals surface area contributed by atoms with E-state index in [1.54, 1.807) is 46.9 Å². The van der Waals surface area contributed by atoms with Gasteiger partial charge >= 0.3 is 0 Å². The highest BCUT2D eigenvalue weighted by molar-refractivity contribution is 5.83. The highest BCUT2D eigenvalue weighted by Crippen LogP contribution is 2.17. The quantitative estimate of drug-likeness (QED) is 0.806. The van der Waals surface area contributed by atoms with Crippen LogP contribution in [0.25, 0.3) is 5.69 Å². The summed E-state index contributed by atoms with van der Waals surface area (Å²) in [4.78, 5) is 29.7. The van der Waals surface area contributed by atoms with E-state index in [0.29, 0.717) is 26.2 Å². The van der Waals surface area contributed by atoms with Crippen molar-refractivity contribution in [3.05, 3.63) is 48.0 Å². The number of amides is 2. The lowest BCUT2D eigenvalue weighted by Gasteiger charge is -2.41. The normalized spacial score (nSPS) is 17.8. The van der Waals surface area contributed by atoms with E-state index < -0.39 is 0 Å². The van der Waals surface area contributed by atoms with E-state index >= 15 is 0 Å². The summed E-state index contributed by atoms with van der Waals surface area (Å²) in [7, 11) is 3.44. The van der Waals surface area contributed by atoms with Gasteiger partial charge in [-0.1, -0.05) is 0 Å². The number of carbonyl (C=O) groups excluding carboxylic acids is 2. The largest absolute Gasteiger partial charge is 0.347 e. The van der Waals surface area contributed by atoms with Gasteiger partial charge in [0.15, 0.2) is 0 Å². The fourth-order valence-corrected chi connectivity index (χ4v) is 3.24. The fraction of sp³-hybridized carbons (Fsp3) is 0.421. The monoisotopic (exact) mass is 373 g/mol. The number of carbonyl (C=O) groups is 2. The molecule has 7 nitrogen and oxygen atoms in total. The molecule has 1 aromatic carbocycles. The standard InChI is InChI=1S/C19H24FN5O2/c1-14(26)23-8-9-24(18(13-23)19(27)22(2)3)11-15-10-21-25(12-15)17-6-4-16(20)5-7-17/h4-7,10,12,18H,8-9,11,13H2,1-3H3. The van der Waals surface area contributed by atoms with Gasteiger partial charge in [-0.15, -0.1) is 0 Å². The summed E-state index contributed by atoms with van der Waals surface area (Å²) in [5.41, 5.74) is 1.72. The van der Waals surface area contributed by atoms with Gasteiger partial charge in [0.2, 0.25) is 11.8 Å². The van der Waals surface area contributed by atoms with E-state index in [1.807, 2.05) is 6.20 Å². The molecule has 2 aromatic rings. The van der Waals surface area contributed by atoms with Crippen molar-refractivity contribution < 1.29 is 14.0 Å². The van der Waals surface area contributed by atoms with E-state index in [9.17, 15) is 14.0 Å². The molecule has 1 fully saturated rings. The Morgan fingerprint density at radius 2 is 1.93 bits per heavy atom. The second kappa shape index (κ2) is 7.87. The second-order valence-electron chi connectivity index (χ2n) is 6.95. The summed E-state index contributed by atoms with van der Waals surface area (Å²) in [5.74, 6) is -0.332. The van der Waals surface area contributed by atoms with Crippen molar-refractivity contribution in [1.82, 2.24) is 24.5 Å². The van der Waals surface area contributed by atoms with Gasteiger partial charge in [0.1, 0.15) is 11.9 Å². The number of piperazine rings is 1. The van der Waals surface area contributed by atoms with E-state index in [0.717, 1.165) is 11.3 Å². The number of rotatable bonds is 4. The summed E-state index contributed by atoms with van der Waals surface area (Å²) in [5, 5.41) is 4.34. The third kappa shape index (κ3) is 4.33. The maximum Gasteiger partial charge on any atom is 0.241 e. The van der Waals surface area contributed by atoms with Crippen LogP contribution in [0.3, 0.4) is 0 Å². The molecule has 144 valence electrons. The van der Waals surface area contributed by atoms with Crippen LogP contribution in [0.5, 0.6) is 0 Å². The number of hydrogen-bond donors (Lipinski definition) is 0. The predicted octanol–water partition coefficient (Wildman–Crippen LogP) is 1.13. The lowest BCUT2D eigenvalue weighted by Crippen LogP contribution is -2.59. The molecule has 0 bridgehead atoms. The van der Waals surface area contributed by atoms with E-state index in [-0.39, 0.29) is 23.7 Å². The Bertz CT molecular complexity index is 818. The van der Waals surface area contributed by atoms with Crippen molar-refractivity contribution in [2.75, 3.05) is 33.7 Å². The molecule has 1 unspecified atom stereocenters. The van der Waals surface area contributed by atoms with Gasteiger partial charge in [0.25, 0.3) is 0 Å². The van der Waals surface area contributed by atoms with Gasteiger partial charge in [-0.3, -0.25) is 14.5 Å². The second-order valence-corrected chi connectivity index (χ2v) is 6.95. The first-order chi connectivity index (χ1) is 12.8. The van der Waals surface area contributed by atoms with Crippen LogP contribution >= 0.6 is 0 Å². The van der Waals surface area contributed by atoms with Gasteiger partial charge in [0, 0.05) is 59.0 Å². The highest BCUT2D eigenvalue weighted by Gasteiger charge is 2.34. The molecule has 0 spiro atoms. The molecule has 0 radical (unpaired) electrons. The predicted molar refractivity (Wildman–Crippen MR) is 98.7 cm³/mol. The Balaban J connectivity index is 1.75. The number of hydrogen-bond acceptors (Lipinski definition) is 4. The van der Waals surface area contributed by atoms with Crippen LogP contribution in [0.2, 0.25) is 0 Å². The number of nitrogens with zero attached hydrogens (tertiary/aromatic N) is 5. The Hall–Kier alpha value is -2.74.